The second-order valence-electron chi connectivity index (χ2n) is 3.52. The Hall–Kier alpha value is -0.470. The highest BCUT2D eigenvalue weighted by atomic mass is 32.2. The molecule has 0 spiro atoms. The Kier molecular flexibility index (Phi) is 18.2. The summed E-state index contributed by atoms with van der Waals surface area (Å²) < 4.78 is 0. The highest BCUT2D eigenvalue weighted by Gasteiger charge is 1.98. The van der Waals surface area contributed by atoms with E-state index in [4.69, 9.17) is 0 Å². The molecule has 0 bridgehead atoms. The first-order valence-corrected chi connectivity index (χ1v) is 8.43. The standard InChI is InChI=1S/C11H17N.C3H8S.C2H6/c1-3-12(4-2)10-11-8-6-5-7-9-11;1-3-4-2;1-2/h5-9H,3-4,10H2,1-2H3;3H2,1-2H3;1-2H3. The van der Waals surface area contributed by atoms with Gasteiger partial charge in [0.1, 0.15) is 0 Å². The van der Waals surface area contributed by atoms with Gasteiger partial charge in [0, 0.05) is 6.54 Å². The van der Waals surface area contributed by atoms with Gasteiger partial charge in [0.25, 0.3) is 0 Å². The van der Waals surface area contributed by atoms with Gasteiger partial charge in [-0.1, -0.05) is 65.0 Å². The summed E-state index contributed by atoms with van der Waals surface area (Å²) in [7, 11) is 0. The zero-order valence-corrected chi connectivity index (χ0v) is 13.9. The Balaban J connectivity index is 0. The molecule has 18 heavy (non-hydrogen) atoms. The Bertz CT molecular complexity index is 230. The van der Waals surface area contributed by atoms with Crippen LogP contribution in [0.4, 0.5) is 0 Å². The van der Waals surface area contributed by atoms with Crippen LogP contribution in [-0.4, -0.2) is 30.0 Å². The molecule has 0 aliphatic heterocycles. The van der Waals surface area contributed by atoms with Crippen LogP contribution >= 0.6 is 11.8 Å². The maximum Gasteiger partial charge on any atom is 0.0233 e. The monoisotopic (exact) mass is 269 g/mol. The molecule has 0 amide bonds. The van der Waals surface area contributed by atoms with E-state index in [2.05, 4.69) is 62.3 Å². The predicted molar refractivity (Wildman–Crippen MR) is 88.5 cm³/mol. The molecule has 0 aromatic heterocycles. The lowest BCUT2D eigenvalue weighted by atomic mass is 10.2. The molecule has 0 unspecified atom stereocenters. The lowest BCUT2D eigenvalue weighted by Gasteiger charge is -2.17. The molecule has 0 saturated heterocycles. The Morgan fingerprint density at radius 2 is 1.39 bits per heavy atom. The molecule has 0 saturated carbocycles. The van der Waals surface area contributed by atoms with E-state index in [1.54, 1.807) is 0 Å². The summed E-state index contributed by atoms with van der Waals surface area (Å²) in [6, 6.07) is 10.6. The van der Waals surface area contributed by atoms with Crippen LogP contribution in [0, 0.1) is 0 Å². The fourth-order valence-corrected chi connectivity index (χ4v) is 1.29. The lowest BCUT2D eigenvalue weighted by molar-refractivity contribution is 0.296. The first kappa shape index (κ1) is 19.9. The summed E-state index contributed by atoms with van der Waals surface area (Å²) in [6.07, 6.45) is 2.10. The van der Waals surface area contributed by atoms with Gasteiger partial charge in [-0.05, 0) is 30.7 Å². The summed E-state index contributed by atoms with van der Waals surface area (Å²) in [4.78, 5) is 2.41. The topological polar surface area (TPSA) is 3.24 Å². The smallest absolute Gasteiger partial charge is 0.0233 e. The normalized spacial score (nSPS) is 9.06. The molecule has 0 aliphatic rings. The fourth-order valence-electron chi connectivity index (χ4n) is 1.29. The van der Waals surface area contributed by atoms with Crippen molar-refractivity contribution in [2.45, 2.75) is 41.2 Å². The Morgan fingerprint density at radius 1 is 0.944 bits per heavy atom. The number of hydrogen-bond donors (Lipinski definition) is 0. The summed E-state index contributed by atoms with van der Waals surface area (Å²) in [5.41, 5.74) is 1.40. The van der Waals surface area contributed by atoms with Crippen molar-refractivity contribution in [2.75, 3.05) is 25.1 Å². The third-order valence-electron chi connectivity index (χ3n) is 2.43. The first-order valence-electron chi connectivity index (χ1n) is 7.03. The van der Waals surface area contributed by atoms with E-state index in [0.717, 1.165) is 19.6 Å². The van der Waals surface area contributed by atoms with Gasteiger partial charge in [-0.25, -0.2) is 0 Å². The van der Waals surface area contributed by atoms with Crippen LogP contribution in [0.3, 0.4) is 0 Å². The quantitative estimate of drug-likeness (QED) is 0.746. The van der Waals surface area contributed by atoms with Crippen molar-refractivity contribution in [1.29, 1.82) is 0 Å². The summed E-state index contributed by atoms with van der Waals surface area (Å²) in [5, 5.41) is 0. The highest BCUT2D eigenvalue weighted by Crippen LogP contribution is 2.02. The van der Waals surface area contributed by atoms with Crippen molar-refractivity contribution >= 4 is 11.8 Å². The van der Waals surface area contributed by atoms with Crippen LogP contribution in [0.5, 0.6) is 0 Å². The Morgan fingerprint density at radius 3 is 1.72 bits per heavy atom. The van der Waals surface area contributed by atoms with Crippen molar-refractivity contribution in [1.82, 2.24) is 4.90 Å². The third kappa shape index (κ3) is 12.0. The molecule has 0 heterocycles. The van der Waals surface area contributed by atoms with Crippen LogP contribution in [0.25, 0.3) is 0 Å². The number of benzene rings is 1. The fraction of sp³-hybridized carbons (Fsp3) is 0.625. The van der Waals surface area contributed by atoms with Crippen molar-refractivity contribution in [3.63, 3.8) is 0 Å². The van der Waals surface area contributed by atoms with Crippen LogP contribution in [0.15, 0.2) is 30.3 Å². The number of thioether (sulfide) groups is 1. The maximum atomic E-state index is 2.41. The molecular weight excluding hydrogens is 238 g/mol. The molecule has 0 N–H and O–H groups in total. The molecule has 0 aliphatic carbocycles. The van der Waals surface area contributed by atoms with Gasteiger partial charge in [0.05, 0.1) is 0 Å². The average Bonchev–Trinajstić information content (AvgIpc) is 2.48. The Labute approximate surface area is 119 Å². The van der Waals surface area contributed by atoms with Gasteiger partial charge >= 0.3 is 0 Å². The minimum Gasteiger partial charge on any atom is -0.300 e. The van der Waals surface area contributed by atoms with Crippen LogP contribution < -0.4 is 0 Å². The van der Waals surface area contributed by atoms with Crippen LogP contribution in [0.1, 0.15) is 40.2 Å². The molecule has 1 rings (SSSR count). The van der Waals surface area contributed by atoms with E-state index in [9.17, 15) is 0 Å². The summed E-state index contributed by atoms with van der Waals surface area (Å²) in [5.74, 6) is 1.24. The summed E-state index contributed by atoms with van der Waals surface area (Å²) in [6.45, 7) is 13.9. The third-order valence-corrected chi connectivity index (χ3v) is 3.01. The second kappa shape index (κ2) is 16.5. The zero-order chi connectivity index (χ0) is 14.2. The molecule has 0 radical (unpaired) electrons. The largest absolute Gasteiger partial charge is 0.300 e. The predicted octanol–water partition coefficient (Wildman–Crippen LogP) is 4.92. The highest BCUT2D eigenvalue weighted by molar-refractivity contribution is 7.98. The van der Waals surface area contributed by atoms with Gasteiger partial charge in [-0.3, -0.25) is 4.90 Å². The number of rotatable bonds is 5. The van der Waals surface area contributed by atoms with Gasteiger partial charge in [-0.2, -0.15) is 11.8 Å². The van der Waals surface area contributed by atoms with Crippen molar-refractivity contribution in [3.05, 3.63) is 35.9 Å². The molecule has 1 aromatic rings. The summed E-state index contributed by atoms with van der Waals surface area (Å²) >= 11 is 1.86. The minimum absolute atomic E-state index is 1.08. The van der Waals surface area contributed by atoms with Gasteiger partial charge in [0.15, 0.2) is 0 Å². The SMILES string of the molecule is CC.CCN(CC)Cc1ccccc1.CCSC. The van der Waals surface area contributed by atoms with Gasteiger partial charge < -0.3 is 0 Å². The second-order valence-corrected chi connectivity index (χ2v) is 4.68. The molecule has 1 aromatic carbocycles. The van der Waals surface area contributed by atoms with Crippen LogP contribution in [0.2, 0.25) is 0 Å². The minimum atomic E-state index is 1.08. The molecule has 2 heteroatoms. The van der Waals surface area contributed by atoms with E-state index < -0.39 is 0 Å². The number of nitrogens with zero attached hydrogens (tertiary/aromatic N) is 1. The lowest BCUT2D eigenvalue weighted by Crippen LogP contribution is -2.21. The molecular formula is C16H31NS. The van der Waals surface area contributed by atoms with E-state index >= 15 is 0 Å². The van der Waals surface area contributed by atoms with Crippen LogP contribution in [-0.2, 0) is 6.54 Å². The van der Waals surface area contributed by atoms with Gasteiger partial charge in [-0.15, -0.1) is 0 Å². The molecule has 106 valence electrons. The van der Waals surface area contributed by atoms with E-state index in [1.165, 1.54) is 11.3 Å². The molecule has 0 atom stereocenters. The molecule has 1 nitrogen and oxygen atoms in total. The van der Waals surface area contributed by atoms with E-state index in [1.807, 2.05) is 25.6 Å². The van der Waals surface area contributed by atoms with E-state index in [0.29, 0.717) is 0 Å². The first-order chi connectivity index (χ1) is 8.78. The average molecular weight is 269 g/mol. The van der Waals surface area contributed by atoms with Crippen molar-refractivity contribution < 1.29 is 0 Å². The molecule has 0 fully saturated rings. The van der Waals surface area contributed by atoms with Crippen molar-refractivity contribution in [3.8, 4) is 0 Å². The van der Waals surface area contributed by atoms with Gasteiger partial charge in [0.2, 0.25) is 0 Å². The number of hydrogen-bond acceptors (Lipinski definition) is 2. The van der Waals surface area contributed by atoms with Crippen molar-refractivity contribution in [2.24, 2.45) is 0 Å². The maximum absolute atomic E-state index is 2.41. The van der Waals surface area contributed by atoms with E-state index in [-0.39, 0.29) is 0 Å². The zero-order valence-electron chi connectivity index (χ0n) is 13.1.